The Labute approximate surface area is 150 Å². The molecule has 1 aromatic carbocycles. The van der Waals surface area contributed by atoms with Gasteiger partial charge in [-0.05, 0) is 29.3 Å². The van der Waals surface area contributed by atoms with E-state index in [-0.39, 0.29) is 11.3 Å². The van der Waals surface area contributed by atoms with Crippen molar-refractivity contribution in [1.29, 1.82) is 0 Å². The highest BCUT2D eigenvalue weighted by atomic mass is 32.3. The highest BCUT2D eigenvalue weighted by Crippen LogP contribution is 2.40. The first-order valence-corrected chi connectivity index (χ1v) is 10.00. The molecule has 26 heavy (non-hydrogen) atoms. The van der Waals surface area contributed by atoms with Gasteiger partial charge in [0.25, 0.3) is 24.3 Å². The maximum Gasteiger partial charge on any atom is 0.292 e. The van der Waals surface area contributed by atoms with Crippen LogP contribution in [0.4, 0.5) is 5.69 Å². The van der Waals surface area contributed by atoms with Gasteiger partial charge < -0.3 is 10.9 Å². The van der Waals surface area contributed by atoms with Crippen molar-refractivity contribution in [3.05, 3.63) is 59.3 Å². The molecular formula is C14H18N4O6S2. The fourth-order valence-electron chi connectivity index (χ4n) is 2.50. The van der Waals surface area contributed by atoms with Gasteiger partial charge in [0.05, 0.1) is 0 Å². The maximum absolute atomic E-state index is 11.9. The highest BCUT2D eigenvalue weighted by Gasteiger charge is 2.58. The predicted molar refractivity (Wildman–Crippen MR) is 97.2 cm³/mol. The van der Waals surface area contributed by atoms with Gasteiger partial charge in [-0.3, -0.25) is 20.8 Å². The lowest BCUT2D eigenvalue weighted by Gasteiger charge is -2.31. The molecule has 10 nitrogen and oxygen atoms in total. The molecule has 12 heteroatoms. The lowest BCUT2D eigenvalue weighted by Crippen LogP contribution is -2.50. The minimum Gasteiger partial charge on any atom is -0.328 e. The summed E-state index contributed by atoms with van der Waals surface area (Å²) in [5.41, 5.74) is 5.44. The van der Waals surface area contributed by atoms with Crippen LogP contribution in [0.3, 0.4) is 0 Å². The summed E-state index contributed by atoms with van der Waals surface area (Å²) >= 11 is 0. The van der Waals surface area contributed by atoms with Crippen molar-refractivity contribution in [3.8, 4) is 0 Å². The van der Waals surface area contributed by atoms with Crippen LogP contribution in [0.2, 0.25) is 0 Å². The molecule has 0 spiro atoms. The third-order valence-corrected chi connectivity index (χ3v) is 7.57. The van der Waals surface area contributed by atoms with Gasteiger partial charge >= 0.3 is 0 Å². The fraction of sp³-hybridized carbons (Fsp3) is 0.143. The zero-order valence-electron chi connectivity index (χ0n) is 13.3. The maximum atomic E-state index is 11.9. The number of rotatable bonds is 6. The van der Waals surface area contributed by atoms with Crippen LogP contribution in [-0.4, -0.2) is 30.0 Å². The van der Waals surface area contributed by atoms with Crippen LogP contribution in [0.25, 0.3) is 6.08 Å². The first-order chi connectivity index (χ1) is 12.0. The second-order valence-electron chi connectivity index (χ2n) is 5.44. The molecule has 0 bridgehead atoms. The monoisotopic (exact) mass is 402 g/mol. The molecule has 0 unspecified atom stereocenters. The summed E-state index contributed by atoms with van der Waals surface area (Å²) in [6, 6.07) is 6.56. The number of benzene rings is 1. The number of anilines is 1. The van der Waals surface area contributed by atoms with Crippen molar-refractivity contribution in [2.45, 2.75) is 10.5 Å². The summed E-state index contributed by atoms with van der Waals surface area (Å²) in [6.45, 7) is 0. The lowest BCUT2D eigenvalue weighted by atomic mass is 10.00. The zero-order valence-corrected chi connectivity index (χ0v) is 15.0. The summed E-state index contributed by atoms with van der Waals surface area (Å²) in [4.78, 5) is 0. The van der Waals surface area contributed by atoms with E-state index in [1.807, 2.05) is 0 Å². The molecule has 1 aliphatic rings. The predicted octanol–water partition coefficient (Wildman–Crippen LogP) is 0.135. The van der Waals surface area contributed by atoms with Gasteiger partial charge in [-0.1, -0.05) is 30.4 Å². The molecule has 0 saturated carbocycles. The van der Waals surface area contributed by atoms with Crippen molar-refractivity contribution < 1.29 is 25.9 Å². The third kappa shape index (κ3) is 3.65. The molecule has 1 aliphatic carbocycles. The second-order valence-corrected chi connectivity index (χ2v) is 8.99. The van der Waals surface area contributed by atoms with E-state index in [0.29, 0.717) is 11.3 Å². The van der Waals surface area contributed by atoms with E-state index in [2.05, 4.69) is 10.9 Å². The van der Waals surface area contributed by atoms with Gasteiger partial charge in [0.15, 0.2) is 0 Å². The first-order valence-electron chi connectivity index (χ1n) is 7.12. The average Bonchev–Trinajstić information content (AvgIpc) is 2.58. The Bertz CT molecular complexity index is 947. The quantitative estimate of drug-likeness (QED) is 0.217. The van der Waals surface area contributed by atoms with Gasteiger partial charge in [0.2, 0.25) is 0 Å². The van der Waals surface area contributed by atoms with Crippen LogP contribution in [0.1, 0.15) is 12.0 Å². The van der Waals surface area contributed by atoms with E-state index in [1.165, 1.54) is 18.2 Å². The zero-order chi connectivity index (χ0) is 19.6. The van der Waals surface area contributed by atoms with Gasteiger partial charge in [0, 0.05) is 17.8 Å². The first kappa shape index (κ1) is 20.1. The molecule has 0 amide bonds. The summed E-state index contributed by atoms with van der Waals surface area (Å²) in [6.07, 6.45) is 4.29. The molecule has 142 valence electrons. The number of hydrazine groups is 2. The fourth-order valence-corrected chi connectivity index (χ4v) is 5.11. The Morgan fingerprint density at radius 1 is 0.923 bits per heavy atom. The molecule has 1 aromatic rings. The normalized spacial score (nSPS) is 17.5. The molecule has 0 aliphatic heterocycles. The van der Waals surface area contributed by atoms with Gasteiger partial charge in [-0.2, -0.15) is 16.8 Å². The van der Waals surface area contributed by atoms with Gasteiger partial charge in [0.1, 0.15) is 0 Å². The number of allylic oxidation sites excluding steroid dienone is 4. The third-order valence-electron chi connectivity index (χ3n) is 3.88. The van der Waals surface area contributed by atoms with E-state index in [1.54, 1.807) is 24.3 Å². The molecule has 0 heterocycles. The Morgan fingerprint density at radius 2 is 1.50 bits per heavy atom. The smallest absolute Gasteiger partial charge is 0.292 e. The molecule has 0 radical (unpaired) electrons. The topological polar surface area (TPSA) is 185 Å². The number of nitrogens with two attached hydrogens (primary N) is 2. The van der Waals surface area contributed by atoms with Crippen molar-refractivity contribution in [2.75, 3.05) is 5.43 Å². The SMILES string of the molecule is NNC1=CC=C(C=Cc2ccc(NN)cc2)C(S(=O)(=O)O)(S(=O)(=O)O)C1. The van der Waals surface area contributed by atoms with E-state index in [9.17, 15) is 25.9 Å². The van der Waals surface area contributed by atoms with Crippen molar-refractivity contribution in [3.63, 3.8) is 0 Å². The number of hydrogen-bond acceptors (Lipinski definition) is 8. The largest absolute Gasteiger partial charge is 0.328 e. The number of nitrogens with one attached hydrogen (secondary N) is 2. The summed E-state index contributed by atoms with van der Waals surface area (Å²) in [5, 5.41) is 0. The van der Waals surface area contributed by atoms with Crippen LogP contribution in [0.15, 0.2) is 53.8 Å². The molecule has 2 rings (SSSR count). The van der Waals surface area contributed by atoms with Crippen LogP contribution in [0.5, 0.6) is 0 Å². The minimum atomic E-state index is -5.27. The number of nitrogen functional groups attached to an aromatic ring is 1. The van der Waals surface area contributed by atoms with E-state index < -0.39 is 30.7 Å². The Balaban J connectivity index is 2.58. The van der Waals surface area contributed by atoms with Crippen molar-refractivity contribution in [2.24, 2.45) is 11.7 Å². The Morgan fingerprint density at radius 3 is 1.96 bits per heavy atom. The standard InChI is InChI=1S/C14H18N4O6S2/c15-17-12-6-2-10(3-7-12)1-4-11-5-8-13(18-16)9-14(11,25(19,20)21)26(22,23)24/h1-8,17-18H,9,15-16H2,(H,19,20,21)(H,22,23,24). The Kier molecular flexibility index (Phi) is 5.55. The molecule has 0 aromatic heterocycles. The van der Waals surface area contributed by atoms with Gasteiger partial charge in [-0.25, -0.2) is 0 Å². The number of hydrogen-bond donors (Lipinski definition) is 6. The summed E-state index contributed by atoms with van der Waals surface area (Å²) in [7, 11) is -10.5. The van der Waals surface area contributed by atoms with Crippen molar-refractivity contribution >= 4 is 32.0 Å². The van der Waals surface area contributed by atoms with Crippen molar-refractivity contribution in [1.82, 2.24) is 5.43 Å². The lowest BCUT2D eigenvalue weighted by molar-refractivity contribution is 0.430. The van der Waals surface area contributed by atoms with Gasteiger partial charge in [-0.15, -0.1) is 0 Å². The van der Waals surface area contributed by atoms with Crippen LogP contribution >= 0.6 is 0 Å². The highest BCUT2D eigenvalue weighted by molar-refractivity contribution is 8.05. The molecule has 0 atom stereocenters. The second kappa shape index (κ2) is 7.19. The summed E-state index contributed by atoms with van der Waals surface area (Å²) in [5.74, 6) is 10.5. The molecular weight excluding hydrogens is 384 g/mol. The Hall–Kier alpha value is -2.22. The summed E-state index contributed by atoms with van der Waals surface area (Å²) < 4.78 is 64.0. The average molecular weight is 402 g/mol. The minimum absolute atomic E-state index is 0.00391. The van der Waals surface area contributed by atoms with Crippen LogP contribution < -0.4 is 22.5 Å². The van der Waals surface area contributed by atoms with E-state index >= 15 is 0 Å². The van der Waals surface area contributed by atoms with E-state index in [0.717, 1.165) is 6.08 Å². The molecule has 0 saturated heterocycles. The van der Waals surface area contributed by atoms with Crippen LogP contribution in [0, 0.1) is 0 Å². The van der Waals surface area contributed by atoms with Crippen LogP contribution in [-0.2, 0) is 20.2 Å². The van der Waals surface area contributed by atoms with E-state index in [4.69, 9.17) is 11.7 Å². The molecule has 8 N–H and O–H groups in total. The molecule has 0 fully saturated rings.